The van der Waals surface area contributed by atoms with Crippen molar-refractivity contribution in [2.24, 2.45) is 0 Å². The number of nitrogens with one attached hydrogen (secondary N) is 3. The van der Waals surface area contributed by atoms with Crippen LogP contribution in [-0.4, -0.2) is 36.6 Å². The van der Waals surface area contributed by atoms with Gasteiger partial charge in [-0.15, -0.1) is 0 Å². The Hall–Kier alpha value is -2.68. The molecule has 2 rings (SSSR count). The van der Waals surface area contributed by atoms with Crippen LogP contribution in [0.3, 0.4) is 0 Å². The molecule has 0 aliphatic carbocycles. The fourth-order valence-electron chi connectivity index (χ4n) is 1.96. The van der Waals surface area contributed by atoms with Crippen molar-refractivity contribution in [2.75, 3.05) is 19.5 Å². The van der Waals surface area contributed by atoms with Gasteiger partial charge in [0.2, 0.25) is 5.43 Å². The maximum absolute atomic E-state index is 12.1. The van der Waals surface area contributed by atoms with Crippen LogP contribution < -0.4 is 15.5 Å². The third kappa shape index (κ3) is 5.41. The second-order valence-electron chi connectivity index (χ2n) is 4.99. The molecule has 0 unspecified atom stereocenters. The molecule has 0 spiro atoms. The Morgan fingerprint density at radius 1 is 1.38 bits per heavy atom. The highest BCUT2D eigenvalue weighted by atomic mass is 35.5. The first-order chi connectivity index (χ1) is 12.0. The zero-order valence-electron chi connectivity index (χ0n) is 14.1. The van der Waals surface area contributed by atoms with E-state index in [2.05, 4.69) is 10.3 Å². The highest BCUT2D eigenvalue weighted by Gasteiger charge is 2.18. The number of anilines is 1. The standard InChI is InChI=1S/C14H14ClN3O3.C2H3F3/c1-17-14-9(6-16)12(19)13(20)11(18-14)8-5-7(21-2)3-4-10(8)15;1-2(3,4)5/h3-6,16,20H,1-2H3,(H2,17,18,19);1H3. The first-order valence-electron chi connectivity index (χ1n) is 7.11. The van der Waals surface area contributed by atoms with E-state index >= 15 is 0 Å². The summed E-state index contributed by atoms with van der Waals surface area (Å²) in [6, 6.07) is 4.89. The first kappa shape index (κ1) is 21.4. The second kappa shape index (κ2) is 8.61. The fraction of sp³-hybridized carbons (Fsp3) is 0.250. The monoisotopic (exact) mass is 391 g/mol. The molecule has 0 amide bonds. The molecular weight excluding hydrogens is 375 g/mol. The van der Waals surface area contributed by atoms with Crippen molar-refractivity contribution in [3.63, 3.8) is 0 Å². The number of benzene rings is 1. The van der Waals surface area contributed by atoms with Gasteiger partial charge in [-0.2, -0.15) is 13.2 Å². The summed E-state index contributed by atoms with van der Waals surface area (Å²) in [6.45, 7) is 0.188. The summed E-state index contributed by atoms with van der Waals surface area (Å²) in [6.07, 6.45) is -3.12. The van der Waals surface area contributed by atoms with Crippen molar-refractivity contribution in [1.29, 1.82) is 5.41 Å². The van der Waals surface area contributed by atoms with Crippen molar-refractivity contribution < 1.29 is 23.0 Å². The maximum atomic E-state index is 12.1. The van der Waals surface area contributed by atoms with E-state index in [9.17, 15) is 23.1 Å². The van der Waals surface area contributed by atoms with Crippen LogP contribution in [0.1, 0.15) is 12.5 Å². The number of aromatic amines is 1. The highest BCUT2D eigenvalue weighted by molar-refractivity contribution is 6.33. The quantitative estimate of drug-likeness (QED) is 0.592. The van der Waals surface area contributed by atoms with Crippen LogP contribution >= 0.6 is 11.6 Å². The van der Waals surface area contributed by atoms with E-state index in [1.807, 2.05) is 0 Å². The van der Waals surface area contributed by atoms with E-state index in [1.165, 1.54) is 7.11 Å². The number of ether oxygens (including phenoxy) is 1. The average molecular weight is 392 g/mol. The molecule has 0 saturated carbocycles. The van der Waals surface area contributed by atoms with Crippen molar-refractivity contribution in [1.82, 2.24) is 4.98 Å². The number of hydrogen-bond donors (Lipinski definition) is 4. The van der Waals surface area contributed by atoms with E-state index in [0.717, 1.165) is 6.21 Å². The Labute approximate surface area is 152 Å². The van der Waals surface area contributed by atoms with Crippen LogP contribution in [0, 0.1) is 5.41 Å². The van der Waals surface area contributed by atoms with Gasteiger partial charge in [0.05, 0.1) is 23.4 Å². The minimum atomic E-state index is -4.00. The predicted molar refractivity (Wildman–Crippen MR) is 94.9 cm³/mol. The number of rotatable bonds is 4. The summed E-state index contributed by atoms with van der Waals surface area (Å²) >= 11 is 6.13. The normalized spacial score (nSPS) is 10.6. The van der Waals surface area contributed by atoms with E-state index in [4.69, 9.17) is 21.7 Å². The molecule has 142 valence electrons. The van der Waals surface area contributed by atoms with Crippen LogP contribution in [0.15, 0.2) is 23.0 Å². The molecule has 0 radical (unpaired) electrons. The van der Waals surface area contributed by atoms with Crippen molar-refractivity contribution in [3.8, 4) is 22.8 Å². The van der Waals surface area contributed by atoms with Gasteiger partial charge < -0.3 is 25.6 Å². The van der Waals surface area contributed by atoms with Gasteiger partial charge in [0.25, 0.3) is 0 Å². The summed E-state index contributed by atoms with van der Waals surface area (Å²) in [5, 5.41) is 20.5. The molecule has 2 aromatic rings. The van der Waals surface area contributed by atoms with E-state index < -0.39 is 17.4 Å². The summed E-state index contributed by atoms with van der Waals surface area (Å²) in [7, 11) is 3.11. The van der Waals surface area contributed by atoms with Gasteiger partial charge in [-0.3, -0.25) is 4.79 Å². The topological polar surface area (TPSA) is 98.2 Å². The maximum Gasteiger partial charge on any atom is 0.386 e. The van der Waals surface area contributed by atoms with Gasteiger partial charge in [-0.1, -0.05) is 11.6 Å². The largest absolute Gasteiger partial charge is 0.503 e. The minimum absolute atomic E-state index is 0.0396. The Morgan fingerprint density at radius 2 is 1.96 bits per heavy atom. The number of H-pyrrole nitrogens is 1. The Bertz CT molecular complexity index is 845. The van der Waals surface area contributed by atoms with E-state index in [0.29, 0.717) is 22.2 Å². The molecule has 1 aromatic carbocycles. The Balaban J connectivity index is 0.000000597. The first-order valence-corrected chi connectivity index (χ1v) is 7.49. The highest BCUT2D eigenvalue weighted by Crippen LogP contribution is 2.34. The molecule has 26 heavy (non-hydrogen) atoms. The Kier molecular flexibility index (Phi) is 7.08. The number of halogens is 4. The summed E-state index contributed by atoms with van der Waals surface area (Å²) < 4.78 is 36.2. The number of aromatic hydroxyl groups is 1. The lowest BCUT2D eigenvalue weighted by Crippen LogP contribution is -2.14. The smallest absolute Gasteiger partial charge is 0.386 e. The van der Waals surface area contributed by atoms with Gasteiger partial charge in [-0.25, -0.2) is 0 Å². The van der Waals surface area contributed by atoms with Gasteiger partial charge >= 0.3 is 6.18 Å². The van der Waals surface area contributed by atoms with Crippen molar-refractivity contribution in [2.45, 2.75) is 13.1 Å². The minimum Gasteiger partial charge on any atom is -0.503 e. The molecule has 6 nitrogen and oxygen atoms in total. The molecule has 4 N–H and O–H groups in total. The molecule has 10 heteroatoms. The third-order valence-electron chi connectivity index (χ3n) is 3.05. The van der Waals surface area contributed by atoms with Crippen LogP contribution in [0.25, 0.3) is 11.3 Å². The molecule has 0 atom stereocenters. The lowest BCUT2D eigenvalue weighted by molar-refractivity contribution is -0.110. The van der Waals surface area contributed by atoms with Gasteiger partial charge in [-0.05, 0) is 18.2 Å². The fourth-order valence-corrected chi connectivity index (χ4v) is 2.17. The second-order valence-corrected chi connectivity index (χ2v) is 5.39. The molecule has 0 aliphatic rings. The molecule has 0 saturated heterocycles. The van der Waals surface area contributed by atoms with Crippen LogP contribution in [0.2, 0.25) is 5.02 Å². The Morgan fingerprint density at radius 3 is 2.42 bits per heavy atom. The van der Waals surface area contributed by atoms with Crippen molar-refractivity contribution >= 4 is 23.6 Å². The van der Waals surface area contributed by atoms with E-state index in [1.54, 1.807) is 25.2 Å². The summed E-state index contributed by atoms with van der Waals surface area (Å²) in [4.78, 5) is 15.0. The number of hydrogen-bond acceptors (Lipinski definition) is 5. The van der Waals surface area contributed by atoms with Gasteiger partial charge in [0, 0.05) is 25.7 Å². The molecule has 0 aliphatic heterocycles. The van der Waals surface area contributed by atoms with Crippen LogP contribution in [0.4, 0.5) is 19.0 Å². The number of alkyl halides is 3. The van der Waals surface area contributed by atoms with Crippen molar-refractivity contribution in [3.05, 3.63) is 39.0 Å². The van der Waals surface area contributed by atoms with Crippen LogP contribution in [0.5, 0.6) is 11.5 Å². The molecule has 0 bridgehead atoms. The van der Waals surface area contributed by atoms with Gasteiger partial charge in [0.15, 0.2) is 5.75 Å². The van der Waals surface area contributed by atoms with Crippen LogP contribution in [-0.2, 0) is 0 Å². The number of pyridine rings is 1. The molecule has 0 fully saturated rings. The number of methoxy groups -OCH3 is 1. The molecule has 1 heterocycles. The zero-order valence-corrected chi connectivity index (χ0v) is 14.8. The molecule has 1 aromatic heterocycles. The average Bonchev–Trinajstić information content (AvgIpc) is 2.56. The molecular formula is C16H17ClF3N3O3. The van der Waals surface area contributed by atoms with Gasteiger partial charge in [0.1, 0.15) is 11.6 Å². The third-order valence-corrected chi connectivity index (χ3v) is 3.38. The lowest BCUT2D eigenvalue weighted by atomic mass is 10.1. The summed E-state index contributed by atoms with van der Waals surface area (Å²) in [5.41, 5.74) is -0.0164. The zero-order chi connectivity index (χ0) is 20.1. The van der Waals surface area contributed by atoms with E-state index in [-0.39, 0.29) is 18.2 Å². The SMILES string of the molecule is CC(F)(F)F.CNc1[nH]c(-c2cc(OC)ccc2Cl)c(O)c(=O)c1C=N. The lowest BCUT2D eigenvalue weighted by Gasteiger charge is -2.13. The summed E-state index contributed by atoms with van der Waals surface area (Å²) in [5.74, 6) is 0.362. The predicted octanol–water partition coefficient (Wildman–Crippen LogP) is 4.02. The number of aromatic nitrogens is 1.